The van der Waals surface area contributed by atoms with Gasteiger partial charge in [0.15, 0.2) is 0 Å². The van der Waals surface area contributed by atoms with Gasteiger partial charge in [0, 0.05) is 16.7 Å². The van der Waals surface area contributed by atoms with Crippen LogP contribution in [0.15, 0.2) is 23.1 Å². The lowest BCUT2D eigenvalue weighted by Gasteiger charge is -2.14. The Morgan fingerprint density at radius 2 is 1.89 bits per heavy atom. The van der Waals surface area contributed by atoms with E-state index in [0.717, 1.165) is 19.0 Å². The van der Waals surface area contributed by atoms with Crippen LogP contribution in [0.25, 0.3) is 0 Å². The van der Waals surface area contributed by atoms with Gasteiger partial charge >= 0.3 is 0 Å². The monoisotopic (exact) mass is 263 g/mol. The van der Waals surface area contributed by atoms with Crippen molar-refractivity contribution in [3.63, 3.8) is 0 Å². The van der Waals surface area contributed by atoms with E-state index in [-0.39, 0.29) is 0 Å². The first-order valence-corrected chi connectivity index (χ1v) is 8.02. The van der Waals surface area contributed by atoms with Crippen LogP contribution in [0.4, 0.5) is 0 Å². The lowest BCUT2D eigenvalue weighted by molar-refractivity contribution is 0.554. The molecule has 1 aliphatic carbocycles. The molecule has 1 atom stereocenters. The summed E-state index contributed by atoms with van der Waals surface area (Å²) >= 11 is 2.00. The van der Waals surface area contributed by atoms with E-state index >= 15 is 0 Å². The summed E-state index contributed by atoms with van der Waals surface area (Å²) in [4.78, 5) is 1.44. The largest absolute Gasteiger partial charge is 0.315 e. The third kappa shape index (κ3) is 4.03. The van der Waals surface area contributed by atoms with E-state index in [0.29, 0.717) is 5.25 Å². The van der Waals surface area contributed by atoms with Gasteiger partial charge in [-0.25, -0.2) is 0 Å². The fourth-order valence-electron chi connectivity index (χ4n) is 2.47. The number of benzene rings is 1. The van der Waals surface area contributed by atoms with E-state index < -0.39 is 0 Å². The Bertz CT molecular complexity index is 387. The van der Waals surface area contributed by atoms with E-state index in [1.807, 2.05) is 11.8 Å². The highest BCUT2D eigenvalue weighted by Gasteiger charge is 2.12. The zero-order valence-electron chi connectivity index (χ0n) is 11.8. The summed E-state index contributed by atoms with van der Waals surface area (Å²) in [7, 11) is 0. The fraction of sp³-hybridized carbons (Fsp3) is 0.625. The molecule has 0 amide bonds. The Hall–Kier alpha value is -0.470. The van der Waals surface area contributed by atoms with Crippen LogP contribution in [-0.4, -0.2) is 18.3 Å². The Labute approximate surface area is 116 Å². The quantitative estimate of drug-likeness (QED) is 0.781. The minimum absolute atomic E-state index is 0.642. The van der Waals surface area contributed by atoms with Crippen molar-refractivity contribution in [2.45, 2.75) is 50.2 Å². The van der Waals surface area contributed by atoms with E-state index in [2.05, 4.69) is 44.3 Å². The lowest BCUT2D eigenvalue weighted by Crippen LogP contribution is -2.26. The molecule has 1 aromatic rings. The smallest absolute Gasteiger partial charge is 0.0191 e. The van der Waals surface area contributed by atoms with Crippen LogP contribution < -0.4 is 5.32 Å². The predicted octanol–water partition coefficient (Wildman–Crippen LogP) is 3.90. The molecule has 0 saturated carbocycles. The summed E-state index contributed by atoms with van der Waals surface area (Å²) in [5.41, 5.74) is 3.16. The van der Waals surface area contributed by atoms with Gasteiger partial charge in [-0.05, 0) is 55.0 Å². The van der Waals surface area contributed by atoms with Gasteiger partial charge in [-0.3, -0.25) is 0 Å². The molecule has 1 aliphatic rings. The van der Waals surface area contributed by atoms with E-state index in [1.54, 1.807) is 11.1 Å². The molecular formula is C16H25NS. The fourth-order valence-corrected chi connectivity index (χ4v) is 3.49. The first-order chi connectivity index (χ1) is 8.65. The first kappa shape index (κ1) is 14.0. The molecule has 1 unspecified atom stereocenters. The molecule has 0 radical (unpaired) electrons. The highest BCUT2D eigenvalue weighted by Crippen LogP contribution is 2.29. The lowest BCUT2D eigenvalue weighted by atomic mass is 10.1. The van der Waals surface area contributed by atoms with E-state index in [4.69, 9.17) is 0 Å². The maximum Gasteiger partial charge on any atom is 0.0191 e. The minimum Gasteiger partial charge on any atom is -0.315 e. The van der Waals surface area contributed by atoms with Crippen LogP contribution in [0.1, 0.15) is 38.3 Å². The zero-order chi connectivity index (χ0) is 13.0. The first-order valence-electron chi connectivity index (χ1n) is 7.14. The summed E-state index contributed by atoms with van der Waals surface area (Å²) in [5, 5.41) is 4.18. The Balaban J connectivity index is 1.82. The molecule has 2 rings (SSSR count). The van der Waals surface area contributed by atoms with Crippen LogP contribution in [0.5, 0.6) is 0 Å². The Kier molecular flexibility index (Phi) is 5.13. The molecule has 0 aliphatic heterocycles. The molecule has 1 nitrogen and oxygen atoms in total. The number of rotatable bonds is 6. The van der Waals surface area contributed by atoms with Crippen LogP contribution >= 0.6 is 11.8 Å². The molecule has 0 heterocycles. The summed E-state index contributed by atoms with van der Waals surface area (Å²) in [6, 6.07) is 7.04. The van der Waals surface area contributed by atoms with Crippen molar-refractivity contribution in [1.82, 2.24) is 5.32 Å². The van der Waals surface area contributed by atoms with E-state index in [9.17, 15) is 0 Å². The van der Waals surface area contributed by atoms with Gasteiger partial charge in [-0.2, -0.15) is 0 Å². The van der Waals surface area contributed by atoms with Gasteiger partial charge in [0.2, 0.25) is 0 Å². The predicted molar refractivity (Wildman–Crippen MR) is 81.5 cm³/mol. The second kappa shape index (κ2) is 6.63. The Morgan fingerprint density at radius 3 is 2.67 bits per heavy atom. The van der Waals surface area contributed by atoms with Gasteiger partial charge in [0.1, 0.15) is 0 Å². The molecule has 1 aromatic carbocycles. The van der Waals surface area contributed by atoms with Gasteiger partial charge < -0.3 is 5.32 Å². The van der Waals surface area contributed by atoms with Crippen LogP contribution in [0.2, 0.25) is 0 Å². The normalized spacial score (nSPS) is 16.0. The van der Waals surface area contributed by atoms with Crippen molar-refractivity contribution in [3.05, 3.63) is 29.3 Å². The molecule has 0 spiro atoms. The average Bonchev–Trinajstić information content (AvgIpc) is 2.75. The van der Waals surface area contributed by atoms with Crippen molar-refractivity contribution in [3.8, 4) is 0 Å². The molecule has 18 heavy (non-hydrogen) atoms. The average molecular weight is 263 g/mol. The molecular weight excluding hydrogens is 238 g/mol. The number of hydrogen-bond acceptors (Lipinski definition) is 2. The van der Waals surface area contributed by atoms with Crippen LogP contribution in [0, 0.1) is 5.92 Å². The number of hydrogen-bond donors (Lipinski definition) is 1. The van der Waals surface area contributed by atoms with Gasteiger partial charge in [-0.1, -0.05) is 26.8 Å². The third-order valence-electron chi connectivity index (χ3n) is 3.39. The SMILES string of the molecule is CC(C)CNCC(C)Sc1ccc2c(c1)CCC2. The second-order valence-electron chi connectivity index (χ2n) is 5.76. The molecule has 100 valence electrons. The number of thioether (sulfide) groups is 1. The number of fused-ring (bicyclic) bond motifs is 1. The summed E-state index contributed by atoms with van der Waals surface area (Å²) in [5.74, 6) is 0.738. The maximum atomic E-state index is 3.54. The van der Waals surface area contributed by atoms with Crippen molar-refractivity contribution in [2.24, 2.45) is 5.92 Å². The zero-order valence-corrected chi connectivity index (χ0v) is 12.6. The van der Waals surface area contributed by atoms with Crippen molar-refractivity contribution in [2.75, 3.05) is 13.1 Å². The van der Waals surface area contributed by atoms with Crippen LogP contribution in [0.3, 0.4) is 0 Å². The summed E-state index contributed by atoms with van der Waals surface area (Å²) < 4.78 is 0. The summed E-state index contributed by atoms with van der Waals surface area (Å²) in [6.07, 6.45) is 3.91. The minimum atomic E-state index is 0.642. The topological polar surface area (TPSA) is 12.0 Å². The Morgan fingerprint density at radius 1 is 1.11 bits per heavy atom. The highest BCUT2D eigenvalue weighted by molar-refractivity contribution is 8.00. The number of aryl methyl sites for hydroxylation is 2. The van der Waals surface area contributed by atoms with Gasteiger partial charge in [0.05, 0.1) is 0 Å². The van der Waals surface area contributed by atoms with Crippen molar-refractivity contribution < 1.29 is 0 Å². The van der Waals surface area contributed by atoms with Crippen molar-refractivity contribution in [1.29, 1.82) is 0 Å². The summed E-state index contributed by atoms with van der Waals surface area (Å²) in [6.45, 7) is 9.04. The van der Waals surface area contributed by atoms with Crippen LogP contribution in [-0.2, 0) is 12.8 Å². The van der Waals surface area contributed by atoms with Gasteiger partial charge in [-0.15, -0.1) is 11.8 Å². The molecule has 1 N–H and O–H groups in total. The molecule has 0 fully saturated rings. The molecule has 0 bridgehead atoms. The maximum absolute atomic E-state index is 3.54. The molecule has 0 aromatic heterocycles. The second-order valence-corrected chi connectivity index (χ2v) is 7.28. The standard InChI is InChI=1S/C16H25NS/c1-12(2)10-17-11-13(3)18-16-8-7-14-5-4-6-15(14)9-16/h7-9,12-13,17H,4-6,10-11H2,1-3H3. The highest BCUT2D eigenvalue weighted by atomic mass is 32.2. The van der Waals surface area contributed by atoms with E-state index in [1.165, 1.54) is 24.2 Å². The molecule has 0 saturated heterocycles. The third-order valence-corrected chi connectivity index (χ3v) is 4.49. The van der Waals surface area contributed by atoms with Gasteiger partial charge in [0.25, 0.3) is 0 Å². The molecule has 2 heteroatoms. The number of nitrogens with one attached hydrogen (secondary N) is 1. The van der Waals surface area contributed by atoms with Crippen molar-refractivity contribution >= 4 is 11.8 Å².